The second-order valence-corrected chi connectivity index (χ2v) is 4.51. The van der Waals surface area contributed by atoms with E-state index < -0.39 is 27.1 Å². The molecule has 0 aliphatic rings. The molecule has 8 nitrogen and oxygen atoms in total. The number of hydrogen-bond acceptors (Lipinski definition) is 6. The van der Waals surface area contributed by atoms with Crippen LogP contribution in [0.4, 0.5) is 11.4 Å². The third-order valence-corrected chi connectivity index (χ3v) is 2.99. The van der Waals surface area contributed by atoms with Crippen molar-refractivity contribution in [1.82, 2.24) is 0 Å². The molecular formula is C15H10N2O6. The lowest BCUT2D eigenvalue weighted by Gasteiger charge is -1.98. The molecule has 0 radical (unpaired) electrons. The molecule has 0 fully saturated rings. The molecule has 0 unspecified atom stereocenters. The number of rotatable bonds is 5. The van der Waals surface area contributed by atoms with Gasteiger partial charge < -0.3 is 5.11 Å². The van der Waals surface area contributed by atoms with Crippen molar-refractivity contribution in [3.05, 3.63) is 79.9 Å². The number of phenols is 1. The van der Waals surface area contributed by atoms with Crippen LogP contribution in [0.15, 0.2) is 48.5 Å². The Morgan fingerprint density at radius 3 is 2.22 bits per heavy atom. The molecule has 0 heterocycles. The number of aromatic hydroxyl groups is 1. The highest BCUT2D eigenvalue weighted by Gasteiger charge is 2.13. The van der Waals surface area contributed by atoms with Gasteiger partial charge in [0, 0.05) is 23.8 Å². The first-order valence-electron chi connectivity index (χ1n) is 6.33. The molecule has 23 heavy (non-hydrogen) atoms. The van der Waals surface area contributed by atoms with Crippen LogP contribution in [0.3, 0.4) is 0 Å². The van der Waals surface area contributed by atoms with E-state index in [1.54, 1.807) is 0 Å². The first-order chi connectivity index (χ1) is 10.9. The fourth-order valence-corrected chi connectivity index (χ4v) is 1.81. The molecule has 0 saturated carbocycles. The van der Waals surface area contributed by atoms with Gasteiger partial charge in [0.2, 0.25) is 0 Å². The van der Waals surface area contributed by atoms with E-state index >= 15 is 0 Å². The lowest BCUT2D eigenvalue weighted by atomic mass is 10.1. The van der Waals surface area contributed by atoms with Crippen molar-refractivity contribution >= 4 is 23.2 Å². The molecular weight excluding hydrogens is 304 g/mol. The third kappa shape index (κ3) is 3.76. The summed E-state index contributed by atoms with van der Waals surface area (Å²) in [4.78, 5) is 31.9. The number of nitro groups is 2. The molecule has 2 aromatic rings. The van der Waals surface area contributed by atoms with Crippen molar-refractivity contribution in [3.8, 4) is 5.75 Å². The van der Waals surface area contributed by atoms with Crippen LogP contribution in [0.2, 0.25) is 0 Å². The standard InChI is InChI=1S/C15H10N2O6/c18-14(11-3-5-12(6-4-11)16(20)21)7-1-10-2-8-15(19)13(9-10)17(22)23/h1-9,19H/b7-1+. The van der Waals surface area contributed by atoms with Crippen molar-refractivity contribution in [2.75, 3.05) is 0 Å². The molecule has 116 valence electrons. The van der Waals surface area contributed by atoms with Crippen LogP contribution in [-0.4, -0.2) is 20.7 Å². The Morgan fingerprint density at radius 1 is 1.00 bits per heavy atom. The van der Waals surface area contributed by atoms with E-state index in [0.29, 0.717) is 5.56 Å². The van der Waals surface area contributed by atoms with Gasteiger partial charge in [-0.25, -0.2) is 0 Å². The zero-order valence-corrected chi connectivity index (χ0v) is 11.6. The van der Waals surface area contributed by atoms with Crippen LogP contribution in [0.5, 0.6) is 5.75 Å². The zero-order chi connectivity index (χ0) is 17.0. The van der Waals surface area contributed by atoms with Gasteiger partial charge in [-0.3, -0.25) is 25.0 Å². The highest BCUT2D eigenvalue weighted by molar-refractivity contribution is 6.06. The van der Waals surface area contributed by atoms with Crippen molar-refractivity contribution in [2.45, 2.75) is 0 Å². The minimum atomic E-state index is -0.731. The Kier molecular flexibility index (Phi) is 4.46. The normalized spacial score (nSPS) is 10.6. The molecule has 8 heteroatoms. The van der Waals surface area contributed by atoms with Crippen molar-refractivity contribution < 1.29 is 19.7 Å². The van der Waals surface area contributed by atoms with E-state index in [9.17, 15) is 30.1 Å². The molecule has 0 aromatic heterocycles. The number of ketones is 1. The maximum atomic E-state index is 11.9. The van der Waals surface area contributed by atoms with Crippen LogP contribution in [0.25, 0.3) is 6.08 Å². The molecule has 0 atom stereocenters. The summed E-state index contributed by atoms with van der Waals surface area (Å²) in [6, 6.07) is 8.79. The number of hydrogen-bond donors (Lipinski definition) is 1. The van der Waals surface area contributed by atoms with Crippen LogP contribution < -0.4 is 0 Å². The largest absolute Gasteiger partial charge is 0.502 e. The van der Waals surface area contributed by atoms with E-state index in [1.165, 1.54) is 42.5 Å². The lowest BCUT2D eigenvalue weighted by Crippen LogP contribution is -1.95. The quantitative estimate of drug-likeness (QED) is 0.391. The molecule has 0 saturated heterocycles. The highest BCUT2D eigenvalue weighted by atomic mass is 16.6. The van der Waals surface area contributed by atoms with Crippen molar-refractivity contribution in [2.24, 2.45) is 0 Å². The van der Waals surface area contributed by atoms with E-state index in [-0.39, 0.29) is 11.3 Å². The predicted octanol–water partition coefficient (Wildman–Crippen LogP) is 3.10. The zero-order valence-electron chi connectivity index (χ0n) is 11.6. The average Bonchev–Trinajstić information content (AvgIpc) is 2.53. The second-order valence-electron chi connectivity index (χ2n) is 4.51. The minimum Gasteiger partial charge on any atom is -0.502 e. The van der Waals surface area contributed by atoms with Crippen LogP contribution in [-0.2, 0) is 0 Å². The van der Waals surface area contributed by atoms with E-state index in [2.05, 4.69) is 0 Å². The molecule has 0 amide bonds. The van der Waals surface area contributed by atoms with Gasteiger partial charge in [0.25, 0.3) is 5.69 Å². The van der Waals surface area contributed by atoms with Crippen LogP contribution >= 0.6 is 0 Å². The van der Waals surface area contributed by atoms with Crippen LogP contribution in [0.1, 0.15) is 15.9 Å². The summed E-state index contributed by atoms with van der Waals surface area (Å²) in [5.74, 6) is -0.871. The summed E-state index contributed by atoms with van der Waals surface area (Å²) in [6.45, 7) is 0. The number of nitrogens with zero attached hydrogens (tertiary/aromatic N) is 2. The van der Waals surface area contributed by atoms with Gasteiger partial charge in [-0.2, -0.15) is 0 Å². The van der Waals surface area contributed by atoms with Gasteiger partial charge in [0.1, 0.15) is 0 Å². The number of carbonyl (C=O) groups excluding carboxylic acids is 1. The first kappa shape index (κ1) is 15.8. The molecule has 0 aliphatic heterocycles. The molecule has 0 bridgehead atoms. The smallest absolute Gasteiger partial charge is 0.311 e. The Labute approximate surface area is 129 Å². The molecule has 0 spiro atoms. The molecule has 1 N–H and O–H groups in total. The van der Waals surface area contributed by atoms with Gasteiger partial charge in [-0.1, -0.05) is 12.1 Å². The van der Waals surface area contributed by atoms with Crippen LogP contribution in [0, 0.1) is 20.2 Å². The van der Waals surface area contributed by atoms with Crippen molar-refractivity contribution in [1.29, 1.82) is 0 Å². The number of benzene rings is 2. The van der Waals surface area contributed by atoms with E-state index in [4.69, 9.17) is 0 Å². The SMILES string of the molecule is O=C(/C=C/c1ccc(O)c([N+](=O)[O-])c1)c1ccc([N+](=O)[O-])cc1. The number of nitro benzene ring substituents is 2. The first-order valence-corrected chi connectivity index (χ1v) is 6.33. The summed E-state index contributed by atoms with van der Waals surface area (Å²) < 4.78 is 0. The number of non-ortho nitro benzene ring substituents is 1. The molecule has 2 aromatic carbocycles. The maximum Gasteiger partial charge on any atom is 0.311 e. The van der Waals surface area contributed by atoms with Crippen molar-refractivity contribution in [3.63, 3.8) is 0 Å². The summed E-state index contributed by atoms with van der Waals surface area (Å²) >= 11 is 0. The second kappa shape index (κ2) is 6.48. The summed E-state index contributed by atoms with van der Waals surface area (Å²) in [5, 5.41) is 30.6. The average molecular weight is 314 g/mol. The molecule has 2 rings (SSSR count). The number of carbonyl (C=O) groups is 1. The lowest BCUT2D eigenvalue weighted by molar-refractivity contribution is -0.385. The fourth-order valence-electron chi connectivity index (χ4n) is 1.81. The highest BCUT2D eigenvalue weighted by Crippen LogP contribution is 2.26. The van der Waals surface area contributed by atoms with Gasteiger partial charge in [0.05, 0.1) is 9.85 Å². The Bertz CT molecular complexity index is 811. The topological polar surface area (TPSA) is 124 Å². The summed E-state index contributed by atoms with van der Waals surface area (Å²) in [6.07, 6.45) is 2.55. The van der Waals surface area contributed by atoms with E-state index in [1.807, 2.05) is 0 Å². The van der Waals surface area contributed by atoms with Gasteiger partial charge >= 0.3 is 5.69 Å². The van der Waals surface area contributed by atoms with Gasteiger partial charge in [0.15, 0.2) is 11.5 Å². The number of phenolic OH excluding ortho intramolecular Hbond substituents is 1. The Hall–Kier alpha value is -3.55. The summed E-state index contributed by atoms with van der Waals surface area (Å²) in [7, 11) is 0. The summed E-state index contributed by atoms with van der Waals surface area (Å²) in [5.41, 5.74) is 0.0273. The predicted molar refractivity (Wildman–Crippen MR) is 81.2 cm³/mol. The maximum absolute atomic E-state index is 11.9. The monoisotopic (exact) mass is 314 g/mol. The Balaban J connectivity index is 2.19. The number of allylic oxidation sites excluding steroid dienone is 1. The van der Waals surface area contributed by atoms with E-state index in [0.717, 1.165) is 12.1 Å². The minimum absolute atomic E-state index is 0.125. The fraction of sp³-hybridized carbons (Fsp3) is 0. The van der Waals surface area contributed by atoms with Gasteiger partial charge in [-0.05, 0) is 29.8 Å². The van der Waals surface area contributed by atoms with Gasteiger partial charge in [-0.15, -0.1) is 0 Å². The Morgan fingerprint density at radius 2 is 1.65 bits per heavy atom. The molecule has 0 aliphatic carbocycles. The third-order valence-electron chi connectivity index (χ3n) is 2.99.